The van der Waals surface area contributed by atoms with Gasteiger partial charge in [0.2, 0.25) is 0 Å². The highest BCUT2D eigenvalue weighted by atomic mass is 16.5. The lowest BCUT2D eigenvalue weighted by Crippen LogP contribution is -2.34. The van der Waals surface area contributed by atoms with E-state index in [2.05, 4.69) is 10.6 Å². The Labute approximate surface area is 136 Å². The smallest absolute Gasteiger partial charge is 0.321 e. The van der Waals surface area contributed by atoms with Crippen molar-refractivity contribution < 1.29 is 9.53 Å². The van der Waals surface area contributed by atoms with Crippen molar-refractivity contribution in [2.45, 2.75) is 12.5 Å². The number of likely N-dealkylation sites (tertiary alicyclic amines) is 1. The van der Waals surface area contributed by atoms with Crippen LogP contribution in [-0.4, -0.2) is 37.2 Å². The molecular formula is C18H21N3O2. The molecule has 2 aromatic carbocycles. The maximum Gasteiger partial charge on any atom is 0.321 e. The number of nitrogens with one attached hydrogen (secondary N) is 2. The van der Waals surface area contributed by atoms with Gasteiger partial charge in [0.25, 0.3) is 0 Å². The van der Waals surface area contributed by atoms with Gasteiger partial charge in [-0.15, -0.1) is 0 Å². The summed E-state index contributed by atoms with van der Waals surface area (Å²) in [5.74, 6) is 0.729. The first-order valence-corrected chi connectivity index (χ1v) is 7.76. The summed E-state index contributed by atoms with van der Waals surface area (Å²) in [6, 6.07) is 17.7. The standard InChI is InChI=1S/C18H21N3O2/c1-23-17-9-5-8-15(12-17)20-18(22)21-11-10-16(13-21)19-14-6-3-2-4-7-14/h2-9,12,16,19H,10-11,13H2,1H3,(H,20,22). The Hall–Kier alpha value is -2.69. The van der Waals surface area contributed by atoms with Crippen molar-refractivity contribution >= 4 is 17.4 Å². The minimum Gasteiger partial charge on any atom is -0.497 e. The number of rotatable bonds is 4. The molecule has 2 amide bonds. The van der Waals surface area contributed by atoms with E-state index >= 15 is 0 Å². The molecule has 0 saturated carbocycles. The van der Waals surface area contributed by atoms with Crippen molar-refractivity contribution in [1.82, 2.24) is 4.90 Å². The van der Waals surface area contributed by atoms with Crippen molar-refractivity contribution in [3.8, 4) is 5.75 Å². The van der Waals surface area contributed by atoms with Crippen LogP contribution in [0.4, 0.5) is 16.2 Å². The normalized spacial score (nSPS) is 16.9. The van der Waals surface area contributed by atoms with Crippen molar-refractivity contribution in [2.75, 3.05) is 30.8 Å². The maximum absolute atomic E-state index is 12.4. The molecule has 0 radical (unpaired) electrons. The fraction of sp³-hybridized carbons (Fsp3) is 0.278. The van der Waals surface area contributed by atoms with E-state index in [0.717, 1.165) is 30.1 Å². The molecule has 0 bridgehead atoms. The highest BCUT2D eigenvalue weighted by molar-refractivity contribution is 5.89. The van der Waals surface area contributed by atoms with Gasteiger partial charge in [-0.2, -0.15) is 0 Å². The van der Waals surface area contributed by atoms with Crippen LogP contribution in [0.3, 0.4) is 0 Å². The van der Waals surface area contributed by atoms with Crippen LogP contribution in [0.2, 0.25) is 0 Å². The van der Waals surface area contributed by atoms with Gasteiger partial charge in [0, 0.05) is 36.6 Å². The topological polar surface area (TPSA) is 53.6 Å². The molecule has 2 aromatic rings. The fourth-order valence-electron chi connectivity index (χ4n) is 2.74. The van der Waals surface area contributed by atoms with Gasteiger partial charge in [0.1, 0.15) is 5.75 Å². The molecular weight excluding hydrogens is 290 g/mol. The molecule has 5 heteroatoms. The van der Waals surface area contributed by atoms with Gasteiger partial charge in [-0.25, -0.2) is 4.79 Å². The lowest BCUT2D eigenvalue weighted by atomic mass is 10.2. The summed E-state index contributed by atoms with van der Waals surface area (Å²) in [6.07, 6.45) is 0.945. The SMILES string of the molecule is COc1cccc(NC(=O)N2CCC(Nc3ccccc3)C2)c1. The van der Waals surface area contributed by atoms with E-state index in [0.29, 0.717) is 6.54 Å². The minimum absolute atomic E-state index is 0.0735. The number of hydrogen-bond donors (Lipinski definition) is 2. The summed E-state index contributed by atoms with van der Waals surface area (Å²) in [6.45, 7) is 1.45. The molecule has 2 N–H and O–H groups in total. The molecule has 3 rings (SSSR count). The van der Waals surface area contributed by atoms with Crippen LogP contribution >= 0.6 is 0 Å². The molecule has 1 aliphatic rings. The Morgan fingerprint density at radius 1 is 1.13 bits per heavy atom. The third-order valence-corrected chi connectivity index (χ3v) is 3.94. The Morgan fingerprint density at radius 2 is 1.91 bits per heavy atom. The average Bonchev–Trinajstić information content (AvgIpc) is 3.04. The molecule has 23 heavy (non-hydrogen) atoms. The highest BCUT2D eigenvalue weighted by Gasteiger charge is 2.26. The summed E-state index contributed by atoms with van der Waals surface area (Å²) in [5.41, 5.74) is 1.83. The summed E-state index contributed by atoms with van der Waals surface area (Å²) in [7, 11) is 1.61. The molecule has 1 heterocycles. The summed E-state index contributed by atoms with van der Waals surface area (Å²) in [5, 5.41) is 6.39. The van der Waals surface area contributed by atoms with Crippen LogP contribution < -0.4 is 15.4 Å². The number of amides is 2. The van der Waals surface area contributed by atoms with Crippen LogP contribution in [0.1, 0.15) is 6.42 Å². The number of anilines is 2. The van der Waals surface area contributed by atoms with Crippen molar-refractivity contribution in [3.63, 3.8) is 0 Å². The molecule has 1 atom stereocenters. The van der Waals surface area contributed by atoms with Crippen molar-refractivity contribution in [1.29, 1.82) is 0 Å². The molecule has 1 unspecified atom stereocenters. The number of methoxy groups -OCH3 is 1. The number of benzene rings is 2. The van der Waals surface area contributed by atoms with Crippen LogP contribution in [-0.2, 0) is 0 Å². The number of hydrogen-bond acceptors (Lipinski definition) is 3. The number of urea groups is 1. The third-order valence-electron chi connectivity index (χ3n) is 3.94. The first-order chi connectivity index (χ1) is 11.2. The summed E-state index contributed by atoms with van der Waals surface area (Å²) < 4.78 is 5.17. The Kier molecular flexibility index (Phi) is 4.66. The fourth-order valence-corrected chi connectivity index (χ4v) is 2.74. The van der Waals surface area contributed by atoms with Gasteiger partial charge in [-0.1, -0.05) is 24.3 Å². The monoisotopic (exact) mass is 311 g/mol. The average molecular weight is 311 g/mol. The molecule has 1 fully saturated rings. The number of ether oxygens (including phenoxy) is 1. The lowest BCUT2D eigenvalue weighted by molar-refractivity contribution is 0.222. The van der Waals surface area contributed by atoms with E-state index in [1.165, 1.54) is 0 Å². The predicted molar refractivity (Wildman–Crippen MR) is 92.1 cm³/mol. The number of nitrogens with zero attached hydrogens (tertiary/aromatic N) is 1. The van der Waals surface area contributed by atoms with Crippen LogP contribution in [0.15, 0.2) is 54.6 Å². The number of carbonyl (C=O) groups excluding carboxylic acids is 1. The second-order valence-electron chi connectivity index (χ2n) is 5.60. The zero-order valence-corrected chi connectivity index (χ0v) is 13.2. The summed E-state index contributed by atoms with van der Waals surface area (Å²) in [4.78, 5) is 14.2. The van der Waals surface area contributed by atoms with E-state index in [4.69, 9.17) is 4.74 Å². The van der Waals surface area contributed by atoms with Crippen molar-refractivity contribution in [2.24, 2.45) is 0 Å². The van der Waals surface area contributed by atoms with Crippen LogP contribution in [0.5, 0.6) is 5.75 Å². The predicted octanol–water partition coefficient (Wildman–Crippen LogP) is 3.41. The zero-order chi connectivity index (χ0) is 16.1. The zero-order valence-electron chi connectivity index (χ0n) is 13.2. The molecule has 0 spiro atoms. The van der Waals surface area contributed by atoms with Gasteiger partial charge in [0.15, 0.2) is 0 Å². The second kappa shape index (κ2) is 7.05. The van der Waals surface area contributed by atoms with E-state index < -0.39 is 0 Å². The molecule has 0 aromatic heterocycles. The van der Waals surface area contributed by atoms with E-state index in [9.17, 15) is 4.79 Å². The number of carbonyl (C=O) groups is 1. The van der Waals surface area contributed by atoms with E-state index in [1.54, 1.807) is 7.11 Å². The van der Waals surface area contributed by atoms with Gasteiger partial charge >= 0.3 is 6.03 Å². The van der Waals surface area contributed by atoms with Gasteiger partial charge < -0.3 is 20.3 Å². The molecule has 120 valence electrons. The Bertz CT molecular complexity index is 660. The van der Waals surface area contributed by atoms with E-state index in [1.807, 2.05) is 59.5 Å². The first-order valence-electron chi connectivity index (χ1n) is 7.76. The second-order valence-corrected chi connectivity index (χ2v) is 5.60. The molecule has 5 nitrogen and oxygen atoms in total. The Morgan fingerprint density at radius 3 is 2.70 bits per heavy atom. The highest BCUT2D eigenvalue weighted by Crippen LogP contribution is 2.19. The first kappa shape index (κ1) is 15.2. The molecule has 1 aliphatic heterocycles. The van der Waals surface area contributed by atoms with Crippen LogP contribution in [0.25, 0.3) is 0 Å². The molecule has 0 aliphatic carbocycles. The lowest BCUT2D eigenvalue weighted by Gasteiger charge is -2.18. The van der Waals surface area contributed by atoms with E-state index in [-0.39, 0.29) is 12.1 Å². The number of para-hydroxylation sites is 1. The molecule has 1 saturated heterocycles. The quantitative estimate of drug-likeness (QED) is 0.910. The third kappa shape index (κ3) is 3.94. The maximum atomic E-state index is 12.4. The van der Waals surface area contributed by atoms with Crippen LogP contribution in [0, 0.1) is 0 Å². The Balaban J connectivity index is 1.55. The summed E-state index contributed by atoms with van der Waals surface area (Å²) >= 11 is 0. The van der Waals surface area contributed by atoms with Crippen molar-refractivity contribution in [3.05, 3.63) is 54.6 Å². The largest absolute Gasteiger partial charge is 0.497 e. The minimum atomic E-state index is -0.0735. The van der Waals surface area contributed by atoms with Gasteiger partial charge in [-0.3, -0.25) is 0 Å². The van der Waals surface area contributed by atoms with Gasteiger partial charge in [-0.05, 0) is 30.7 Å². The van der Waals surface area contributed by atoms with Gasteiger partial charge in [0.05, 0.1) is 7.11 Å².